The van der Waals surface area contributed by atoms with Gasteiger partial charge < -0.3 is 10.2 Å². The minimum absolute atomic E-state index is 0.104. The van der Waals surface area contributed by atoms with Crippen molar-refractivity contribution in [2.24, 2.45) is 4.99 Å². The first kappa shape index (κ1) is 18.2. The lowest BCUT2D eigenvalue weighted by atomic mass is 10.3. The van der Waals surface area contributed by atoms with Crippen LogP contribution in [0.1, 0.15) is 33.6 Å². The number of unbranched alkanes of at least 4 members (excludes halogenated alkanes) is 1. The Bertz CT molecular complexity index is 355. The van der Waals surface area contributed by atoms with Crippen molar-refractivity contribution in [3.63, 3.8) is 0 Å². The van der Waals surface area contributed by atoms with Crippen molar-refractivity contribution in [2.45, 2.75) is 33.6 Å². The molecule has 0 aromatic heterocycles. The highest BCUT2D eigenvalue weighted by atomic mass is 32.2. The van der Waals surface area contributed by atoms with Crippen LogP contribution in [0.2, 0.25) is 0 Å². The molecule has 19 heavy (non-hydrogen) atoms. The van der Waals surface area contributed by atoms with Gasteiger partial charge in [-0.05, 0) is 20.3 Å². The average molecular weight is 292 g/mol. The molecule has 0 bridgehead atoms. The summed E-state index contributed by atoms with van der Waals surface area (Å²) in [5.41, 5.74) is 0. The Morgan fingerprint density at radius 3 is 2.47 bits per heavy atom. The molecule has 0 saturated carbocycles. The summed E-state index contributed by atoms with van der Waals surface area (Å²) in [5.74, 6) is 0.930. The highest BCUT2D eigenvalue weighted by Crippen LogP contribution is 1.93. The molecule has 0 aliphatic carbocycles. The zero-order valence-corrected chi connectivity index (χ0v) is 13.4. The molecule has 0 aromatic carbocycles. The van der Waals surface area contributed by atoms with Crippen LogP contribution in [0.3, 0.4) is 0 Å². The van der Waals surface area contributed by atoms with E-state index in [9.17, 15) is 8.42 Å². The molecule has 0 rings (SSSR count). The molecule has 0 atom stereocenters. The first-order chi connectivity index (χ1) is 8.96. The second-order valence-electron chi connectivity index (χ2n) is 4.31. The number of sulfonamides is 1. The van der Waals surface area contributed by atoms with Crippen molar-refractivity contribution >= 4 is 16.0 Å². The SMILES string of the molecule is CCCCN(C)C(=NCCNS(=O)(=O)CC)NCC. The monoisotopic (exact) mass is 292 g/mol. The Labute approximate surface area is 117 Å². The predicted octanol–water partition coefficient (Wildman–Crippen LogP) is 0.623. The van der Waals surface area contributed by atoms with E-state index in [2.05, 4.69) is 26.9 Å². The Kier molecular flexibility index (Phi) is 9.59. The van der Waals surface area contributed by atoms with Gasteiger partial charge in [-0.15, -0.1) is 0 Å². The lowest BCUT2D eigenvalue weighted by Crippen LogP contribution is -2.40. The summed E-state index contributed by atoms with van der Waals surface area (Å²) in [6, 6.07) is 0. The molecular formula is C12H28N4O2S. The van der Waals surface area contributed by atoms with Gasteiger partial charge in [-0.3, -0.25) is 4.99 Å². The third-order valence-electron chi connectivity index (χ3n) is 2.62. The minimum atomic E-state index is -3.12. The van der Waals surface area contributed by atoms with Crippen LogP contribution in [0.4, 0.5) is 0 Å². The second-order valence-corrected chi connectivity index (χ2v) is 6.40. The van der Waals surface area contributed by atoms with Crippen molar-refractivity contribution in [2.75, 3.05) is 39.0 Å². The lowest BCUT2D eigenvalue weighted by Gasteiger charge is -2.21. The number of rotatable bonds is 9. The summed E-state index contributed by atoms with van der Waals surface area (Å²) in [4.78, 5) is 6.48. The van der Waals surface area contributed by atoms with Crippen LogP contribution >= 0.6 is 0 Å². The number of nitrogens with one attached hydrogen (secondary N) is 2. The van der Waals surface area contributed by atoms with Gasteiger partial charge in [0.05, 0.1) is 12.3 Å². The van der Waals surface area contributed by atoms with Gasteiger partial charge in [0.1, 0.15) is 0 Å². The smallest absolute Gasteiger partial charge is 0.211 e. The fourth-order valence-corrected chi connectivity index (χ4v) is 2.04. The normalized spacial score (nSPS) is 12.5. The van der Waals surface area contributed by atoms with Gasteiger partial charge in [0, 0.05) is 26.7 Å². The minimum Gasteiger partial charge on any atom is -0.357 e. The molecular weight excluding hydrogens is 264 g/mol. The molecule has 0 amide bonds. The molecule has 2 N–H and O–H groups in total. The molecule has 0 radical (unpaired) electrons. The fraction of sp³-hybridized carbons (Fsp3) is 0.917. The van der Waals surface area contributed by atoms with Crippen molar-refractivity contribution in [1.82, 2.24) is 14.9 Å². The van der Waals surface area contributed by atoms with Crippen LogP contribution in [-0.4, -0.2) is 58.3 Å². The summed E-state index contributed by atoms with van der Waals surface area (Å²) in [5, 5.41) is 3.20. The molecule has 0 fully saturated rings. The van der Waals surface area contributed by atoms with Crippen LogP contribution in [0.15, 0.2) is 4.99 Å². The highest BCUT2D eigenvalue weighted by Gasteiger charge is 2.06. The van der Waals surface area contributed by atoms with Crippen LogP contribution in [0.25, 0.3) is 0 Å². The molecule has 0 unspecified atom stereocenters. The topological polar surface area (TPSA) is 73.8 Å². The Hall–Kier alpha value is -0.820. The van der Waals surface area contributed by atoms with E-state index in [-0.39, 0.29) is 5.75 Å². The summed E-state index contributed by atoms with van der Waals surface area (Å²) < 4.78 is 25.0. The molecule has 6 nitrogen and oxygen atoms in total. The van der Waals surface area contributed by atoms with Gasteiger partial charge in [0.2, 0.25) is 10.0 Å². The summed E-state index contributed by atoms with van der Waals surface area (Å²) in [7, 11) is -1.12. The molecule has 0 aliphatic heterocycles. The van der Waals surface area contributed by atoms with E-state index in [0.29, 0.717) is 13.1 Å². The fourth-order valence-electron chi connectivity index (χ4n) is 1.44. The van der Waals surface area contributed by atoms with E-state index < -0.39 is 10.0 Å². The average Bonchev–Trinajstić information content (AvgIpc) is 2.39. The number of guanidine groups is 1. The zero-order valence-electron chi connectivity index (χ0n) is 12.6. The van der Waals surface area contributed by atoms with Gasteiger partial charge in [0.15, 0.2) is 5.96 Å². The maximum Gasteiger partial charge on any atom is 0.211 e. The molecule has 0 spiro atoms. The molecule has 0 heterocycles. The summed E-state index contributed by atoms with van der Waals surface area (Å²) >= 11 is 0. The Balaban J connectivity index is 4.26. The quantitative estimate of drug-likeness (QED) is 0.371. The van der Waals surface area contributed by atoms with Gasteiger partial charge in [-0.25, -0.2) is 13.1 Å². The standard InChI is InChI=1S/C12H28N4O2S/c1-5-8-11-16(4)12(13-6-2)14-9-10-15-19(17,18)7-3/h15H,5-11H2,1-4H3,(H,13,14). The molecule has 0 aromatic rings. The zero-order chi connectivity index (χ0) is 14.7. The predicted molar refractivity (Wildman–Crippen MR) is 81.0 cm³/mol. The third-order valence-corrected chi connectivity index (χ3v) is 4.02. The van der Waals surface area contributed by atoms with Crippen LogP contribution < -0.4 is 10.0 Å². The van der Waals surface area contributed by atoms with E-state index in [1.807, 2.05) is 14.0 Å². The Morgan fingerprint density at radius 1 is 1.26 bits per heavy atom. The summed E-state index contributed by atoms with van der Waals surface area (Å²) in [6.45, 7) is 8.32. The first-order valence-corrected chi connectivity index (χ1v) is 8.58. The third kappa shape index (κ3) is 8.83. The number of nitrogens with zero attached hydrogens (tertiary/aromatic N) is 2. The maximum atomic E-state index is 11.3. The van der Waals surface area contributed by atoms with Gasteiger partial charge in [-0.2, -0.15) is 0 Å². The van der Waals surface area contributed by atoms with Gasteiger partial charge in [-0.1, -0.05) is 13.3 Å². The van der Waals surface area contributed by atoms with Crippen molar-refractivity contribution in [1.29, 1.82) is 0 Å². The largest absolute Gasteiger partial charge is 0.357 e. The maximum absolute atomic E-state index is 11.3. The first-order valence-electron chi connectivity index (χ1n) is 6.93. The van der Waals surface area contributed by atoms with Crippen molar-refractivity contribution < 1.29 is 8.42 Å². The highest BCUT2D eigenvalue weighted by molar-refractivity contribution is 7.89. The van der Waals surface area contributed by atoms with E-state index in [4.69, 9.17) is 0 Å². The van der Waals surface area contributed by atoms with E-state index in [1.165, 1.54) is 0 Å². The van der Waals surface area contributed by atoms with Crippen LogP contribution in [0.5, 0.6) is 0 Å². The Morgan fingerprint density at radius 2 is 1.95 bits per heavy atom. The number of hydrogen-bond donors (Lipinski definition) is 2. The molecule has 0 aliphatic rings. The van der Waals surface area contributed by atoms with E-state index in [1.54, 1.807) is 6.92 Å². The van der Waals surface area contributed by atoms with Crippen molar-refractivity contribution in [3.8, 4) is 0 Å². The number of hydrogen-bond acceptors (Lipinski definition) is 3. The van der Waals surface area contributed by atoms with E-state index >= 15 is 0 Å². The summed E-state index contributed by atoms with van der Waals surface area (Å²) in [6.07, 6.45) is 2.25. The van der Waals surface area contributed by atoms with E-state index in [0.717, 1.165) is 31.9 Å². The molecule has 7 heteroatoms. The lowest BCUT2D eigenvalue weighted by molar-refractivity contribution is 0.465. The van der Waals surface area contributed by atoms with Gasteiger partial charge in [0.25, 0.3) is 0 Å². The molecule has 114 valence electrons. The number of aliphatic imine (C=N–C) groups is 1. The second kappa shape index (κ2) is 10.0. The molecule has 0 saturated heterocycles. The van der Waals surface area contributed by atoms with Crippen LogP contribution in [-0.2, 0) is 10.0 Å². The van der Waals surface area contributed by atoms with Gasteiger partial charge >= 0.3 is 0 Å². The van der Waals surface area contributed by atoms with Crippen LogP contribution in [0, 0.1) is 0 Å². The van der Waals surface area contributed by atoms with Crippen molar-refractivity contribution in [3.05, 3.63) is 0 Å².